The van der Waals surface area contributed by atoms with E-state index in [9.17, 15) is 4.79 Å². The molecule has 1 aromatic heterocycles. The van der Waals surface area contributed by atoms with Gasteiger partial charge >= 0.3 is 0 Å². The van der Waals surface area contributed by atoms with Crippen LogP contribution in [0.5, 0.6) is 0 Å². The quantitative estimate of drug-likeness (QED) is 0.833. The molecular formula is C18H21N3O2. The summed E-state index contributed by atoms with van der Waals surface area (Å²) in [6.07, 6.45) is 6.67. The predicted molar refractivity (Wildman–Crippen MR) is 88.0 cm³/mol. The maximum atomic E-state index is 12.1. The second-order valence-electron chi connectivity index (χ2n) is 5.78. The highest BCUT2D eigenvalue weighted by atomic mass is 16.5. The number of carbonyl (C=O) groups excluding carboxylic acids is 1. The van der Waals surface area contributed by atoms with Crippen molar-refractivity contribution in [2.24, 2.45) is 5.92 Å². The van der Waals surface area contributed by atoms with Gasteiger partial charge in [0.25, 0.3) is 5.91 Å². The number of ether oxygens (including phenoxy) is 1. The number of hydrogen-bond donors (Lipinski definition) is 1. The van der Waals surface area contributed by atoms with Gasteiger partial charge in [0.1, 0.15) is 0 Å². The standard InChI is InChI=1S/C18H21N3O2/c22-18(21-9-1-3-14-8-12-23-13-14)16-6-4-15(5-7-16)17-19-10-2-11-20-17/h2,4-7,10-11,14H,1,3,8-9,12-13H2,(H,21,22)/t14-/m0/s1. The molecule has 0 unspecified atom stereocenters. The molecule has 3 rings (SSSR count). The molecule has 1 aliphatic rings. The lowest BCUT2D eigenvalue weighted by atomic mass is 10.0. The Hall–Kier alpha value is -2.27. The van der Waals surface area contributed by atoms with Gasteiger partial charge in [0, 0.05) is 43.3 Å². The van der Waals surface area contributed by atoms with E-state index in [1.807, 2.05) is 24.3 Å². The molecule has 120 valence electrons. The van der Waals surface area contributed by atoms with Crippen molar-refractivity contribution in [2.75, 3.05) is 19.8 Å². The van der Waals surface area contributed by atoms with Crippen molar-refractivity contribution in [3.63, 3.8) is 0 Å². The lowest BCUT2D eigenvalue weighted by molar-refractivity contribution is 0.0952. The van der Waals surface area contributed by atoms with E-state index >= 15 is 0 Å². The number of rotatable bonds is 6. The number of nitrogens with zero attached hydrogens (tertiary/aromatic N) is 2. The van der Waals surface area contributed by atoms with E-state index in [1.54, 1.807) is 18.5 Å². The first-order valence-electron chi connectivity index (χ1n) is 8.06. The first-order chi connectivity index (χ1) is 11.3. The van der Waals surface area contributed by atoms with E-state index < -0.39 is 0 Å². The van der Waals surface area contributed by atoms with Gasteiger partial charge in [-0.05, 0) is 43.4 Å². The molecule has 5 heteroatoms. The van der Waals surface area contributed by atoms with Crippen LogP contribution < -0.4 is 5.32 Å². The van der Waals surface area contributed by atoms with Crippen LogP contribution in [0.15, 0.2) is 42.7 Å². The van der Waals surface area contributed by atoms with E-state index in [-0.39, 0.29) is 5.91 Å². The van der Waals surface area contributed by atoms with Crippen LogP contribution in [-0.2, 0) is 4.74 Å². The fraction of sp³-hybridized carbons (Fsp3) is 0.389. The van der Waals surface area contributed by atoms with Crippen molar-refractivity contribution < 1.29 is 9.53 Å². The zero-order chi connectivity index (χ0) is 15.9. The summed E-state index contributed by atoms with van der Waals surface area (Å²) in [5.74, 6) is 1.29. The molecule has 5 nitrogen and oxygen atoms in total. The molecule has 1 N–H and O–H groups in total. The Bertz CT molecular complexity index is 622. The third kappa shape index (κ3) is 4.36. The molecule has 1 aliphatic heterocycles. The maximum absolute atomic E-state index is 12.1. The van der Waals surface area contributed by atoms with Crippen molar-refractivity contribution in [1.82, 2.24) is 15.3 Å². The summed E-state index contributed by atoms with van der Waals surface area (Å²) >= 11 is 0. The highest BCUT2D eigenvalue weighted by Crippen LogP contribution is 2.17. The smallest absolute Gasteiger partial charge is 0.251 e. The van der Waals surface area contributed by atoms with Crippen LogP contribution in [0.3, 0.4) is 0 Å². The Morgan fingerprint density at radius 2 is 2.00 bits per heavy atom. The Kier molecular flexibility index (Phi) is 5.32. The van der Waals surface area contributed by atoms with E-state index in [0.29, 0.717) is 23.9 Å². The molecule has 2 aromatic rings. The molecule has 1 saturated heterocycles. The minimum absolute atomic E-state index is 0.0341. The first-order valence-corrected chi connectivity index (χ1v) is 8.06. The van der Waals surface area contributed by atoms with Crippen LogP contribution >= 0.6 is 0 Å². The third-order valence-electron chi connectivity index (χ3n) is 4.07. The summed E-state index contributed by atoms with van der Waals surface area (Å²) in [5, 5.41) is 2.97. The fourth-order valence-corrected chi connectivity index (χ4v) is 2.72. The van der Waals surface area contributed by atoms with Crippen LogP contribution in [-0.4, -0.2) is 35.6 Å². The van der Waals surface area contributed by atoms with E-state index in [0.717, 1.165) is 38.0 Å². The fourth-order valence-electron chi connectivity index (χ4n) is 2.72. The molecule has 0 aliphatic carbocycles. The Balaban J connectivity index is 1.47. The average molecular weight is 311 g/mol. The molecule has 0 radical (unpaired) electrons. The van der Waals surface area contributed by atoms with Gasteiger partial charge in [0.15, 0.2) is 5.82 Å². The molecule has 1 aromatic carbocycles. The van der Waals surface area contributed by atoms with Gasteiger partial charge in [-0.1, -0.05) is 12.1 Å². The van der Waals surface area contributed by atoms with Crippen LogP contribution in [0.25, 0.3) is 11.4 Å². The van der Waals surface area contributed by atoms with E-state index in [2.05, 4.69) is 15.3 Å². The summed E-state index contributed by atoms with van der Waals surface area (Å²) in [6, 6.07) is 9.15. The molecule has 0 saturated carbocycles. The number of benzene rings is 1. The maximum Gasteiger partial charge on any atom is 0.251 e. The Labute approximate surface area is 136 Å². The van der Waals surface area contributed by atoms with Crippen molar-refractivity contribution >= 4 is 5.91 Å². The second-order valence-corrected chi connectivity index (χ2v) is 5.78. The van der Waals surface area contributed by atoms with Crippen molar-refractivity contribution in [2.45, 2.75) is 19.3 Å². The van der Waals surface area contributed by atoms with Crippen molar-refractivity contribution in [3.05, 3.63) is 48.3 Å². The molecule has 23 heavy (non-hydrogen) atoms. The molecule has 2 heterocycles. The number of aromatic nitrogens is 2. The highest BCUT2D eigenvalue weighted by molar-refractivity contribution is 5.94. The van der Waals surface area contributed by atoms with Gasteiger partial charge in [-0.15, -0.1) is 0 Å². The topological polar surface area (TPSA) is 64.1 Å². The summed E-state index contributed by atoms with van der Waals surface area (Å²) < 4.78 is 5.35. The van der Waals surface area contributed by atoms with Gasteiger partial charge < -0.3 is 10.1 Å². The molecule has 1 atom stereocenters. The van der Waals surface area contributed by atoms with Crippen LogP contribution in [0.4, 0.5) is 0 Å². The van der Waals surface area contributed by atoms with E-state index in [1.165, 1.54) is 0 Å². The Morgan fingerprint density at radius 3 is 2.70 bits per heavy atom. The second kappa shape index (κ2) is 7.83. The van der Waals surface area contributed by atoms with Gasteiger partial charge in [-0.25, -0.2) is 9.97 Å². The van der Waals surface area contributed by atoms with Gasteiger partial charge in [-0.3, -0.25) is 4.79 Å². The molecule has 1 amide bonds. The third-order valence-corrected chi connectivity index (χ3v) is 4.07. The SMILES string of the molecule is O=C(NCCC[C@H]1CCOC1)c1ccc(-c2ncccn2)cc1. The molecule has 0 spiro atoms. The lowest BCUT2D eigenvalue weighted by Gasteiger charge is -2.08. The monoisotopic (exact) mass is 311 g/mol. The van der Waals surface area contributed by atoms with E-state index in [4.69, 9.17) is 4.74 Å². The van der Waals surface area contributed by atoms with Crippen LogP contribution in [0, 0.1) is 5.92 Å². The zero-order valence-electron chi connectivity index (χ0n) is 13.1. The molecule has 1 fully saturated rings. The summed E-state index contributed by atoms with van der Waals surface area (Å²) in [4.78, 5) is 20.5. The summed E-state index contributed by atoms with van der Waals surface area (Å²) in [7, 11) is 0. The number of carbonyl (C=O) groups is 1. The number of nitrogens with one attached hydrogen (secondary N) is 1. The minimum atomic E-state index is -0.0341. The summed E-state index contributed by atoms with van der Waals surface area (Å²) in [6.45, 7) is 2.46. The molecule has 0 bridgehead atoms. The Morgan fingerprint density at radius 1 is 1.22 bits per heavy atom. The lowest BCUT2D eigenvalue weighted by Crippen LogP contribution is -2.24. The zero-order valence-corrected chi connectivity index (χ0v) is 13.1. The van der Waals surface area contributed by atoms with Crippen LogP contribution in [0.2, 0.25) is 0 Å². The van der Waals surface area contributed by atoms with Crippen molar-refractivity contribution in [3.8, 4) is 11.4 Å². The normalized spacial score (nSPS) is 17.1. The van der Waals surface area contributed by atoms with Crippen molar-refractivity contribution in [1.29, 1.82) is 0 Å². The summed E-state index contributed by atoms with van der Waals surface area (Å²) in [5.41, 5.74) is 1.57. The largest absolute Gasteiger partial charge is 0.381 e. The highest BCUT2D eigenvalue weighted by Gasteiger charge is 2.15. The minimum Gasteiger partial charge on any atom is -0.381 e. The van der Waals surface area contributed by atoms with Gasteiger partial charge in [0.05, 0.1) is 0 Å². The number of amides is 1. The number of hydrogen-bond acceptors (Lipinski definition) is 4. The molecular weight excluding hydrogens is 290 g/mol. The van der Waals surface area contributed by atoms with Crippen LogP contribution in [0.1, 0.15) is 29.6 Å². The predicted octanol–water partition coefficient (Wildman–Crippen LogP) is 2.69. The van der Waals surface area contributed by atoms with Gasteiger partial charge in [-0.2, -0.15) is 0 Å². The average Bonchev–Trinajstić information content (AvgIpc) is 3.13. The van der Waals surface area contributed by atoms with Gasteiger partial charge in [0.2, 0.25) is 0 Å². The first kappa shape index (κ1) is 15.6.